The molecule has 156 valence electrons. The number of anilines is 2. The van der Waals surface area contributed by atoms with Crippen molar-refractivity contribution in [3.05, 3.63) is 94.3 Å². The molecule has 0 saturated heterocycles. The molecule has 0 aliphatic heterocycles. The van der Waals surface area contributed by atoms with E-state index in [2.05, 4.69) is 22.0 Å². The zero-order chi connectivity index (χ0) is 22.4. The predicted molar refractivity (Wildman–Crippen MR) is 125 cm³/mol. The number of nitrogens with zero attached hydrogens (tertiary/aromatic N) is 1. The van der Waals surface area contributed by atoms with E-state index < -0.39 is 11.7 Å². The minimum atomic E-state index is -0.609. The molecule has 0 fully saturated rings. The number of carbonyl (C=O) groups is 1. The van der Waals surface area contributed by atoms with Crippen LogP contribution in [0.1, 0.15) is 34.5 Å². The Labute approximate surface area is 189 Å². The number of carbonyl (C=O) groups excluding carboxylic acids is 1. The zero-order valence-electron chi connectivity index (χ0n) is 16.4. The van der Waals surface area contributed by atoms with Crippen LogP contribution in [-0.4, -0.2) is 11.0 Å². The van der Waals surface area contributed by atoms with Crippen LogP contribution in [0.15, 0.2) is 66.7 Å². The number of halogens is 2. The maximum absolute atomic E-state index is 13.8. The van der Waals surface area contributed by atoms with Crippen molar-refractivity contribution in [3.63, 3.8) is 0 Å². The summed E-state index contributed by atoms with van der Waals surface area (Å²) in [6.45, 7) is 1.95. The summed E-state index contributed by atoms with van der Waals surface area (Å²) in [6, 6.07) is 19.9. The molecule has 3 rings (SSSR count). The molecule has 0 aromatic heterocycles. The summed E-state index contributed by atoms with van der Waals surface area (Å²) >= 11 is 11.6. The van der Waals surface area contributed by atoms with Crippen molar-refractivity contribution in [1.29, 1.82) is 5.26 Å². The monoisotopic (exact) mass is 452 g/mol. The molecule has 5 nitrogen and oxygen atoms in total. The van der Waals surface area contributed by atoms with Crippen LogP contribution in [0.5, 0.6) is 0 Å². The van der Waals surface area contributed by atoms with Gasteiger partial charge in [-0.05, 0) is 67.2 Å². The van der Waals surface area contributed by atoms with Gasteiger partial charge < -0.3 is 16.0 Å². The highest BCUT2D eigenvalue weighted by Gasteiger charge is 2.13. The lowest BCUT2D eigenvalue weighted by Crippen LogP contribution is -2.30. The Hall–Kier alpha value is -3.47. The van der Waals surface area contributed by atoms with Gasteiger partial charge >= 0.3 is 0 Å². The molecule has 0 spiro atoms. The largest absolute Gasteiger partial charge is 0.356 e. The van der Waals surface area contributed by atoms with Crippen molar-refractivity contribution in [2.45, 2.75) is 13.0 Å². The Morgan fingerprint density at radius 1 is 1.10 bits per heavy atom. The highest BCUT2D eigenvalue weighted by Crippen LogP contribution is 2.26. The molecule has 0 saturated carbocycles. The average Bonchev–Trinajstić information content (AvgIpc) is 2.75. The molecule has 0 heterocycles. The standard InChI is InChI=1S/C23H18ClFN4OS/c1-14(16-8-6-15(13-26)7-9-16)27-23(31)28-17-10-11-21(19(24)12-17)29-22(30)18-4-2-3-5-20(18)25/h2-12,14H,1H3,(H,29,30)(H2,27,28,31). The number of nitriles is 1. The van der Waals surface area contributed by atoms with E-state index in [1.807, 2.05) is 19.1 Å². The molecule has 0 radical (unpaired) electrons. The third kappa shape index (κ3) is 5.79. The first kappa shape index (κ1) is 22.2. The van der Waals surface area contributed by atoms with E-state index in [-0.39, 0.29) is 16.6 Å². The third-order valence-corrected chi connectivity index (χ3v) is 5.01. The van der Waals surface area contributed by atoms with E-state index >= 15 is 0 Å². The molecule has 3 N–H and O–H groups in total. The Morgan fingerprint density at radius 3 is 2.45 bits per heavy atom. The molecular weight excluding hydrogens is 435 g/mol. The second-order valence-electron chi connectivity index (χ2n) is 6.68. The van der Waals surface area contributed by atoms with Crippen LogP contribution in [0.25, 0.3) is 0 Å². The van der Waals surface area contributed by atoms with Gasteiger partial charge in [-0.15, -0.1) is 0 Å². The molecule has 31 heavy (non-hydrogen) atoms. The van der Waals surface area contributed by atoms with Crippen LogP contribution in [0, 0.1) is 17.1 Å². The van der Waals surface area contributed by atoms with E-state index in [1.165, 1.54) is 18.2 Å². The number of rotatable bonds is 5. The number of amides is 1. The van der Waals surface area contributed by atoms with Crippen LogP contribution in [0.2, 0.25) is 5.02 Å². The van der Waals surface area contributed by atoms with Gasteiger partial charge in [0.25, 0.3) is 5.91 Å². The van der Waals surface area contributed by atoms with Gasteiger partial charge in [-0.1, -0.05) is 35.9 Å². The molecule has 0 aliphatic rings. The number of hydrogen-bond acceptors (Lipinski definition) is 3. The predicted octanol–water partition coefficient (Wildman–Crippen LogP) is 5.65. The van der Waals surface area contributed by atoms with Crippen molar-refractivity contribution >= 4 is 46.2 Å². The summed E-state index contributed by atoms with van der Waals surface area (Å²) in [6.07, 6.45) is 0. The average molecular weight is 453 g/mol. The first-order chi connectivity index (χ1) is 14.9. The first-order valence-electron chi connectivity index (χ1n) is 9.30. The Morgan fingerprint density at radius 2 is 1.81 bits per heavy atom. The van der Waals surface area contributed by atoms with Crippen molar-refractivity contribution < 1.29 is 9.18 Å². The fourth-order valence-corrected chi connectivity index (χ4v) is 3.35. The summed E-state index contributed by atoms with van der Waals surface area (Å²) in [7, 11) is 0. The quantitative estimate of drug-likeness (QED) is 0.436. The Balaban J connectivity index is 1.61. The minimum absolute atomic E-state index is 0.0667. The zero-order valence-corrected chi connectivity index (χ0v) is 18.0. The Kier molecular flexibility index (Phi) is 7.19. The fourth-order valence-electron chi connectivity index (χ4n) is 2.82. The normalized spacial score (nSPS) is 11.2. The summed E-state index contributed by atoms with van der Waals surface area (Å²) < 4.78 is 13.8. The highest BCUT2D eigenvalue weighted by molar-refractivity contribution is 7.80. The summed E-state index contributed by atoms with van der Waals surface area (Å²) in [5.74, 6) is -1.20. The van der Waals surface area contributed by atoms with Gasteiger partial charge in [-0.25, -0.2) is 4.39 Å². The van der Waals surface area contributed by atoms with Gasteiger partial charge in [0.2, 0.25) is 0 Å². The molecule has 3 aromatic rings. The number of thiocarbonyl (C=S) groups is 1. The van der Waals surface area contributed by atoms with Gasteiger partial charge in [0, 0.05) is 5.69 Å². The van der Waals surface area contributed by atoms with Gasteiger partial charge in [0.1, 0.15) is 5.82 Å². The molecule has 8 heteroatoms. The molecular formula is C23H18ClFN4OS. The number of hydrogen-bond donors (Lipinski definition) is 3. The van der Waals surface area contributed by atoms with E-state index in [9.17, 15) is 9.18 Å². The van der Waals surface area contributed by atoms with Crippen molar-refractivity contribution in [3.8, 4) is 6.07 Å². The smallest absolute Gasteiger partial charge is 0.258 e. The van der Waals surface area contributed by atoms with Gasteiger partial charge in [0.05, 0.1) is 33.9 Å². The number of nitrogens with one attached hydrogen (secondary N) is 3. The summed E-state index contributed by atoms with van der Waals surface area (Å²) in [5, 5.41) is 18.3. The van der Waals surface area contributed by atoms with Gasteiger partial charge in [-0.3, -0.25) is 4.79 Å². The lowest BCUT2D eigenvalue weighted by atomic mass is 10.1. The Bertz CT molecular complexity index is 1160. The third-order valence-electron chi connectivity index (χ3n) is 4.48. The SMILES string of the molecule is CC(NC(=S)Nc1ccc(NC(=O)c2ccccc2F)c(Cl)c1)c1ccc(C#N)cc1. The summed E-state index contributed by atoms with van der Waals surface area (Å²) in [4.78, 5) is 12.3. The molecule has 1 amide bonds. The second kappa shape index (κ2) is 10.0. The molecule has 1 unspecified atom stereocenters. The number of benzene rings is 3. The van der Waals surface area contributed by atoms with Gasteiger partial charge in [0.15, 0.2) is 5.11 Å². The van der Waals surface area contributed by atoms with E-state index in [1.54, 1.807) is 36.4 Å². The van der Waals surface area contributed by atoms with E-state index in [0.29, 0.717) is 22.1 Å². The minimum Gasteiger partial charge on any atom is -0.356 e. The van der Waals surface area contributed by atoms with E-state index in [4.69, 9.17) is 29.1 Å². The van der Waals surface area contributed by atoms with Gasteiger partial charge in [-0.2, -0.15) is 5.26 Å². The maximum Gasteiger partial charge on any atom is 0.258 e. The van der Waals surface area contributed by atoms with Crippen LogP contribution in [0.4, 0.5) is 15.8 Å². The van der Waals surface area contributed by atoms with Crippen LogP contribution >= 0.6 is 23.8 Å². The van der Waals surface area contributed by atoms with Crippen molar-refractivity contribution in [2.24, 2.45) is 0 Å². The molecule has 0 bridgehead atoms. The topological polar surface area (TPSA) is 76.9 Å². The molecule has 3 aromatic carbocycles. The highest BCUT2D eigenvalue weighted by atomic mass is 35.5. The van der Waals surface area contributed by atoms with Crippen LogP contribution in [0.3, 0.4) is 0 Å². The van der Waals surface area contributed by atoms with Crippen LogP contribution < -0.4 is 16.0 Å². The lowest BCUT2D eigenvalue weighted by molar-refractivity contribution is 0.102. The van der Waals surface area contributed by atoms with Crippen LogP contribution in [-0.2, 0) is 0 Å². The molecule has 1 atom stereocenters. The maximum atomic E-state index is 13.8. The first-order valence-corrected chi connectivity index (χ1v) is 10.1. The van der Waals surface area contributed by atoms with Crippen molar-refractivity contribution in [1.82, 2.24) is 5.32 Å². The fraction of sp³-hybridized carbons (Fsp3) is 0.0870. The summed E-state index contributed by atoms with van der Waals surface area (Å²) in [5.41, 5.74) is 2.48. The van der Waals surface area contributed by atoms with E-state index in [0.717, 1.165) is 5.56 Å². The molecule has 0 aliphatic carbocycles. The van der Waals surface area contributed by atoms with Crippen molar-refractivity contribution in [2.75, 3.05) is 10.6 Å². The second-order valence-corrected chi connectivity index (χ2v) is 7.50. The lowest BCUT2D eigenvalue weighted by Gasteiger charge is -2.18.